The van der Waals surface area contributed by atoms with Gasteiger partial charge < -0.3 is 15.6 Å². The number of para-hydroxylation sites is 1. The SMILES string of the molecule is Cc1ccc(NC(=O)CC2S/C(=N/N=C/c3c(-c4ccccc4)[nH]c4ccccc34)NC2=O)cc1. The summed E-state index contributed by atoms with van der Waals surface area (Å²) >= 11 is 1.21. The van der Waals surface area contributed by atoms with E-state index in [4.69, 9.17) is 0 Å². The Balaban J connectivity index is 1.30. The Morgan fingerprint density at radius 2 is 1.77 bits per heavy atom. The Bertz CT molecular complexity index is 1440. The number of fused-ring (bicyclic) bond motifs is 1. The van der Waals surface area contributed by atoms with Gasteiger partial charge >= 0.3 is 0 Å². The van der Waals surface area contributed by atoms with Crippen LogP contribution in [0.25, 0.3) is 22.2 Å². The van der Waals surface area contributed by atoms with Crippen LogP contribution in [-0.2, 0) is 9.59 Å². The van der Waals surface area contributed by atoms with Gasteiger partial charge in [0.2, 0.25) is 11.8 Å². The smallest absolute Gasteiger partial charge is 0.240 e. The molecule has 3 N–H and O–H groups in total. The average molecular weight is 482 g/mol. The second-order valence-corrected chi connectivity index (χ2v) is 9.38. The fourth-order valence-corrected chi connectivity index (χ4v) is 4.80. The molecule has 0 saturated carbocycles. The number of aromatic nitrogens is 1. The highest BCUT2D eigenvalue weighted by Gasteiger charge is 2.32. The van der Waals surface area contributed by atoms with E-state index in [2.05, 4.69) is 25.8 Å². The zero-order chi connectivity index (χ0) is 24.2. The first-order valence-corrected chi connectivity index (χ1v) is 12.1. The van der Waals surface area contributed by atoms with Crippen molar-refractivity contribution in [3.63, 3.8) is 0 Å². The summed E-state index contributed by atoms with van der Waals surface area (Å²) in [6.07, 6.45) is 1.74. The van der Waals surface area contributed by atoms with E-state index < -0.39 is 5.25 Å². The normalized spacial score (nSPS) is 16.8. The molecule has 174 valence electrons. The van der Waals surface area contributed by atoms with Crippen LogP contribution in [0.2, 0.25) is 0 Å². The predicted octanol–water partition coefficient (Wildman–Crippen LogP) is 5.09. The minimum atomic E-state index is -0.553. The van der Waals surface area contributed by atoms with Gasteiger partial charge in [0.05, 0.1) is 11.9 Å². The quantitative estimate of drug-likeness (QED) is 0.264. The van der Waals surface area contributed by atoms with Crippen LogP contribution in [0.4, 0.5) is 5.69 Å². The lowest BCUT2D eigenvalue weighted by atomic mass is 10.1. The van der Waals surface area contributed by atoms with Crippen LogP contribution >= 0.6 is 11.8 Å². The van der Waals surface area contributed by atoms with Crippen molar-refractivity contribution in [1.29, 1.82) is 0 Å². The van der Waals surface area contributed by atoms with Crippen LogP contribution in [0, 0.1) is 6.92 Å². The number of amidine groups is 1. The summed E-state index contributed by atoms with van der Waals surface area (Å²) in [5.41, 5.74) is 5.72. The molecule has 1 aromatic heterocycles. The van der Waals surface area contributed by atoms with Crippen molar-refractivity contribution in [2.24, 2.45) is 10.2 Å². The maximum atomic E-state index is 12.4. The number of amides is 2. The first kappa shape index (κ1) is 22.6. The average Bonchev–Trinajstić information content (AvgIpc) is 3.41. The molecule has 2 heterocycles. The van der Waals surface area contributed by atoms with Crippen molar-refractivity contribution in [3.8, 4) is 11.3 Å². The maximum Gasteiger partial charge on any atom is 0.240 e. The van der Waals surface area contributed by atoms with Crippen molar-refractivity contribution < 1.29 is 9.59 Å². The van der Waals surface area contributed by atoms with Gasteiger partial charge in [-0.15, -0.1) is 5.10 Å². The molecule has 1 unspecified atom stereocenters. The van der Waals surface area contributed by atoms with E-state index in [0.717, 1.165) is 33.3 Å². The number of benzene rings is 3. The molecule has 0 radical (unpaired) electrons. The summed E-state index contributed by atoms with van der Waals surface area (Å²) in [6.45, 7) is 1.98. The summed E-state index contributed by atoms with van der Waals surface area (Å²) in [7, 11) is 0. The Morgan fingerprint density at radius 1 is 1.03 bits per heavy atom. The third kappa shape index (κ3) is 5.17. The number of hydrogen-bond acceptors (Lipinski definition) is 5. The molecule has 4 aromatic rings. The Labute approximate surface area is 206 Å². The van der Waals surface area contributed by atoms with Gasteiger partial charge in [-0.3, -0.25) is 9.59 Å². The van der Waals surface area contributed by atoms with Gasteiger partial charge in [0.15, 0.2) is 5.17 Å². The molecule has 8 heteroatoms. The number of rotatable bonds is 6. The number of anilines is 1. The second kappa shape index (κ2) is 9.99. The second-order valence-electron chi connectivity index (χ2n) is 8.19. The van der Waals surface area contributed by atoms with Crippen LogP contribution in [0.3, 0.4) is 0 Å². The molecule has 2 amide bonds. The van der Waals surface area contributed by atoms with E-state index in [0.29, 0.717) is 10.9 Å². The zero-order valence-electron chi connectivity index (χ0n) is 19.0. The van der Waals surface area contributed by atoms with E-state index >= 15 is 0 Å². The van der Waals surface area contributed by atoms with E-state index in [1.54, 1.807) is 6.21 Å². The number of nitrogens with one attached hydrogen (secondary N) is 3. The molecule has 0 spiro atoms. The third-order valence-corrected chi connectivity index (χ3v) is 6.70. The molecule has 7 nitrogen and oxygen atoms in total. The first-order chi connectivity index (χ1) is 17.1. The molecule has 0 aliphatic carbocycles. The fourth-order valence-electron chi connectivity index (χ4n) is 3.87. The molecular formula is C27H23N5O2S. The predicted molar refractivity (Wildman–Crippen MR) is 143 cm³/mol. The van der Waals surface area contributed by atoms with E-state index in [9.17, 15) is 9.59 Å². The number of carbonyl (C=O) groups excluding carboxylic acids is 2. The number of aryl methyl sites for hydroxylation is 1. The van der Waals surface area contributed by atoms with Crippen LogP contribution < -0.4 is 10.6 Å². The summed E-state index contributed by atoms with van der Waals surface area (Å²) in [5, 5.41) is 14.9. The zero-order valence-corrected chi connectivity index (χ0v) is 19.8. The molecule has 0 bridgehead atoms. The highest BCUT2D eigenvalue weighted by Crippen LogP contribution is 2.29. The Morgan fingerprint density at radius 3 is 2.57 bits per heavy atom. The lowest BCUT2D eigenvalue weighted by Crippen LogP contribution is -2.28. The molecular weight excluding hydrogens is 458 g/mol. The minimum absolute atomic E-state index is 0.0493. The van der Waals surface area contributed by atoms with Gasteiger partial charge in [-0.05, 0) is 30.7 Å². The van der Waals surface area contributed by atoms with Gasteiger partial charge in [0, 0.05) is 28.6 Å². The van der Waals surface area contributed by atoms with Crippen LogP contribution in [-0.4, -0.2) is 33.4 Å². The van der Waals surface area contributed by atoms with Crippen molar-refractivity contribution in [1.82, 2.24) is 10.3 Å². The number of nitrogens with zero attached hydrogens (tertiary/aromatic N) is 2. The van der Waals surface area contributed by atoms with Gasteiger partial charge in [-0.2, -0.15) is 5.10 Å². The molecule has 1 saturated heterocycles. The lowest BCUT2D eigenvalue weighted by molar-refractivity contribution is -0.122. The Kier molecular flexibility index (Phi) is 6.45. The van der Waals surface area contributed by atoms with E-state index in [1.807, 2.05) is 85.8 Å². The van der Waals surface area contributed by atoms with Crippen LogP contribution in [0.15, 0.2) is 89.1 Å². The topological polar surface area (TPSA) is 98.7 Å². The number of carbonyl (C=O) groups is 2. The summed E-state index contributed by atoms with van der Waals surface area (Å²) < 4.78 is 0. The Hall–Kier alpha value is -4.17. The van der Waals surface area contributed by atoms with Crippen molar-refractivity contribution >= 4 is 51.5 Å². The number of thioether (sulfide) groups is 1. The first-order valence-electron chi connectivity index (χ1n) is 11.2. The molecule has 1 aliphatic heterocycles. The van der Waals surface area contributed by atoms with Gasteiger partial charge in [0.25, 0.3) is 0 Å². The summed E-state index contributed by atoms with van der Waals surface area (Å²) in [4.78, 5) is 28.2. The fraction of sp³-hybridized carbons (Fsp3) is 0.111. The molecule has 1 fully saturated rings. The third-order valence-electron chi connectivity index (χ3n) is 5.63. The highest BCUT2D eigenvalue weighted by atomic mass is 32.2. The van der Waals surface area contributed by atoms with Gasteiger partial charge in [-0.25, -0.2) is 0 Å². The summed E-state index contributed by atoms with van der Waals surface area (Å²) in [6, 6.07) is 25.6. The molecule has 35 heavy (non-hydrogen) atoms. The monoisotopic (exact) mass is 481 g/mol. The van der Waals surface area contributed by atoms with E-state index in [1.165, 1.54) is 11.8 Å². The van der Waals surface area contributed by atoms with Gasteiger partial charge in [-0.1, -0.05) is 78.0 Å². The largest absolute Gasteiger partial charge is 0.354 e. The van der Waals surface area contributed by atoms with Crippen molar-refractivity contribution in [2.45, 2.75) is 18.6 Å². The highest BCUT2D eigenvalue weighted by molar-refractivity contribution is 8.15. The van der Waals surface area contributed by atoms with Gasteiger partial charge in [0.1, 0.15) is 5.25 Å². The van der Waals surface area contributed by atoms with E-state index in [-0.39, 0.29) is 18.2 Å². The minimum Gasteiger partial charge on any atom is -0.354 e. The van der Waals surface area contributed by atoms with Crippen molar-refractivity contribution in [3.05, 3.63) is 90.0 Å². The van der Waals surface area contributed by atoms with Crippen LogP contribution in [0.5, 0.6) is 0 Å². The maximum absolute atomic E-state index is 12.4. The number of hydrogen-bond donors (Lipinski definition) is 3. The molecule has 3 aromatic carbocycles. The van der Waals surface area contributed by atoms with Crippen molar-refractivity contribution in [2.75, 3.05) is 5.32 Å². The summed E-state index contributed by atoms with van der Waals surface area (Å²) in [5.74, 6) is -0.474. The molecule has 5 rings (SSSR count). The van der Waals surface area contributed by atoms with Crippen LogP contribution in [0.1, 0.15) is 17.5 Å². The number of aromatic amines is 1. The molecule has 1 aliphatic rings. The molecule has 1 atom stereocenters. The standard InChI is InChI=1S/C27H23N5O2S/c1-17-11-13-19(14-12-17)29-24(33)15-23-26(34)31-27(35-23)32-28-16-21-20-9-5-6-10-22(20)30-25(21)18-7-3-2-4-8-18/h2-14,16,23,30H,15H2,1H3,(H,29,33)(H,31,32,34)/b28-16+. The number of H-pyrrole nitrogens is 1. The lowest BCUT2D eigenvalue weighted by Gasteiger charge is -2.07.